The van der Waals surface area contributed by atoms with Crippen LogP contribution in [-0.4, -0.2) is 7.11 Å². The summed E-state index contributed by atoms with van der Waals surface area (Å²) in [4.78, 5) is 0. The van der Waals surface area contributed by atoms with Crippen LogP contribution in [0, 0.1) is 17.7 Å². The normalized spacial score (nSPS) is 25.1. The lowest BCUT2D eigenvalue weighted by molar-refractivity contribution is 0.224. The Morgan fingerprint density at radius 2 is 2.21 bits per heavy atom. The van der Waals surface area contributed by atoms with Crippen molar-refractivity contribution < 1.29 is 9.13 Å². The molecule has 0 heterocycles. The summed E-state index contributed by atoms with van der Waals surface area (Å²) in [6, 6.07) is 5.06. The molecule has 3 unspecified atom stereocenters. The minimum atomic E-state index is -0.334. The van der Waals surface area contributed by atoms with Crippen LogP contribution in [0.5, 0.6) is 5.75 Å². The van der Waals surface area contributed by atoms with Crippen molar-refractivity contribution in [3.05, 3.63) is 29.6 Å². The fraction of sp³-hybridized carbons (Fsp3) is 0.600. The Morgan fingerprint density at radius 3 is 2.84 bits per heavy atom. The molecule has 0 amide bonds. The Bertz CT molecular complexity index is 425. The van der Waals surface area contributed by atoms with E-state index in [0.717, 1.165) is 17.9 Å². The van der Waals surface area contributed by atoms with Gasteiger partial charge in [-0.3, -0.25) is 11.3 Å². The number of hydrogen-bond donors (Lipinski definition) is 2. The third-order valence-corrected chi connectivity index (χ3v) is 4.16. The fourth-order valence-electron chi connectivity index (χ4n) is 3.16. The fourth-order valence-corrected chi connectivity index (χ4v) is 3.16. The standard InChI is InChI=1S/C15H23FN2O/c1-10-4-3-5-11(8-10)15(18-17)12-6-7-13(16)14(9-12)19-2/h6-7,9-11,15,18H,3-5,8,17H2,1-2H3. The maximum atomic E-state index is 13.5. The van der Waals surface area contributed by atoms with Gasteiger partial charge in [0.05, 0.1) is 7.11 Å². The van der Waals surface area contributed by atoms with Crippen LogP contribution in [0.25, 0.3) is 0 Å². The quantitative estimate of drug-likeness (QED) is 0.650. The largest absolute Gasteiger partial charge is 0.494 e. The molecule has 0 radical (unpaired) electrons. The maximum Gasteiger partial charge on any atom is 0.165 e. The number of halogens is 1. The van der Waals surface area contributed by atoms with E-state index in [0.29, 0.717) is 5.92 Å². The molecule has 3 atom stereocenters. The summed E-state index contributed by atoms with van der Waals surface area (Å²) in [7, 11) is 1.48. The highest BCUT2D eigenvalue weighted by molar-refractivity contribution is 5.32. The van der Waals surface area contributed by atoms with Crippen LogP contribution in [0.1, 0.15) is 44.2 Å². The molecule has 0 saturated heterocycles. The number of rotatable bonds is 4. The first-order valence-corrected chi connectivity index (χ1v) is 6.95. The van der Waals surface area contributed by atoms with E-state index in [9.17, 15) is 4.39 Å². The average molecular weight is 266 g/mol. The second kappa shape index (κ2) is 6.35. The predicted molar refractivity (Wildman–Crippen MR) is 74.1 cm³/mol. The molecule has 1 saturated carbocycles. The molecule has 0 aromatic heterocycles. The highest BCUT2D eigenvalue weighted by Gasteiger charge is 2.27. The van der Waals surface area contributed by atoms with Gasteiger partial charge in [0.1, 0.15) is 0 Å². The second-order valence-corrected chi connectivity index (χ2v) is 5.57. The van der Waals surface area contributed by atoms with E-state index < -0.39 is 0 Å². The summed E-state index contributed by atoms with van der Waals surface area (Å²) < 4.78 is 18.5. The van der Waals surface area contributed by atoms with Gasteiger partial charge in [-0.2, -0.15) is 0 Å². The highest BCUT2D eigenvalue weighted by Crippen LogP contribution is 2.37. The summed E-state index contributed by atoms with van der Waals surface area (Å²) in [5.41, 5.74) is 3.90. The molecule has 0 bridgehead atoms. The second-order valence-electron chi connectivity index (χ2n) is 5.57. The minimum absolute atomic E-state index is 0.0669. The molecule has 3 nitrogen and oxygen atoms in total. The van der Waals surface area contributed by atoms with Crippen molar-refractivity contribution in [1.29, 1.82) is 0 Å². The molecule has 1 aliphatic carbocycles. The maximum absolute atomic E-state index is 13.5. The van der Waals surface area contributed by atoms with Gasteiger partial charge in [0.15, 0.2) is 11.6 Å². The van der Waals surface area contributed by atoms with Gasteiger partial charge in [0.2, 0.25) is 0 Å². The molecule has 19 heavy (non-hydrogen) atoms. The smallest absolute Gasteiger partial charge is 0.165 e. The Morgan fingerprint density at radius 1 is 1.42 bits per heavy atom. The zero-order valence-corrected chi connectivity index (χ0v) is 11.7. The first kappa shape index (κ1) is 14.3. The number of methoxy groups -OCH3 is 1. The molecule has 1 aliphatic rings. The Hall–Kier alpha value is -1.13. The number of benzene rings is 1. The molecule has 3 N–H and O–H groups in total. The van der Waals surface area contributed by atoms with Gasteiger partial charge in [0, 0.05) is 6.04 Å². The summed E-state index contributed by atoms with van der Waals surface area (Å²) in [5, 5.41) is 0. The Kier molecular flexibility index (Phi) is 4.77. The molecule has 2 rings (SSSR count). The first-order valence-electron chi connectivity index (χ1n) is 6.95. The lowest BCUT2D eigenvalue weighted by Crippen LogP contribution is -2.35. The zero-order chi connectivity index (χ0) is 13.8. The topological polar surface area (TPSA) is 47.3 Å². The number of hydrazine groups is 1. The summed E-state index contributed by atoms with van der Waals surface area (Å²) in [6.07, 6.45) is 4.86. The summed E-state index contributed by atoms with van der Waals surface area (Å²) in [6.45, 7) is 2.28. The monoisotopic (exact) mass is 266 g/mol. The molecule has 1 aromatic carbocycles. The first-order chi connectivity index (χ1) is 9.15. The highest BCUT2D eigenvalue weighted by atomic mass is 19.1. The van der Waals surface area contributed by atoms with E-state index in [1.807, 2.05) is 0 Å². The van der Waals surface area contributed by atoms with Crippen LogP contribution < -0.4 is 16.0 Å². The zero-order valence-electron chi connectivity index (χ0n) is 11.7. The van der Waals surface area contributed by atoms with Crippen LogP contribution >= 0.6 is 0 Å². The molecule has 1 fully saturated rings. The van der Waals surface area contributed by atoms with Crippen molar-refractivity contribution in [2.24, 2.45) is 17.7 Å². The third-order valence-electron chi connectivity index (χ3n) is 4.16. The van der Waals surface area contributed by atoms with Gasteiger partial charge in [-0.1, -0.05) is 25.8 Å². The molecule has 106 valence electrons. The van der Waals surface area contributed by atoms with Crippen molar-refractivity contribution in [1.82, 2.24) is 5.43 Å². The van der Waals surface area contributed by atoms with Crippen LogP contribution in [0.4, 0.5) is 4.39 Å². The minimum Gasteiger partial charge on any atom is -0.494 e. The van der Waals surface area contributed by atoms with Gasteiger partial charge in [-0.05, 0) is 42.4 Å². The van der Waals surface area contributed by atoms with Crippen LogP contribution in [-0.2, 0) is 0 Å². The van der Waals surface area contributed by atoms with Crippen molar-refractivity contribution >= 4 is 0 Å². The molecule has 4 heteroatoms. The number of nitrogens with one attached hydrogen (secondary N) is 1. The van der Waals surface area contributed by atoms with Gasteiger partial charge < -0.3 is 4.74 Å². The van der Waals surface area contributed by atoms with Crippen molar-refractivity contribution in [3.8, 4) is 5.75 Å². The summed E-state index contributed by atoms with van der Waals surface area (Å²) in [5.74, 6) is 6.91. The lowest BCUT2D eigenvalue weighted by Gasteiger charge is -2.33. The number of nitrogens with two attached hydrogens (primary N) is 1. The van der Waals surface area contributed by atoms with Gasteiger partial charge in [-0.15, -0.1) is 0 Å². The van der Waals surface area contributed by atoms with Crippen molar-refractivity contribution in [2.45, 2.75) is 38.6 Å². The predicted octanol–water partition coefficient (Wildman–Crippen LogP) is 3.17. The van der Waals surface area contributed by atoms with Crippen LogP contribution in [0.2, 0.25) is 0 Å². The molecular weight excluding hydrogens is 243 g/mol. The molecular formula is C15H23FN2O. The number of ether oxygens (including phenoxy) is 1. The van der Waals surface area contributed by atoms with E-state index in [1.165, 1.54) is 32.4 Å². The van der Waals surface area contributed by atoms with E-state index in [4.69, 9.17) is 10.6 Å². The van der Waals surface area contributed by atoms with E-state index in [2.05, 4.69) is 12.3 Å². The number of hydrogen-bond acceptors (Lipinski definition) is 3. The third kappa shape index (κ3) is 3.25. The van der Waals surface area contributed by atoms with Crippen LogP contribution in [0.15, 0.2) is 18.2 Å². The van der Waals surface area contributed by atoms with E-state index in [-0.39, 0.29) is 17.6 Å². The average Bonchev–Trinajstić information content (AvgIpc) is 2.41. The molecule has 1 aromatic rings. The lowest BCUT2D eigenvalue weighted by atomic mass is 9.77. The Labute approximate surface area is 114 Å². The van der Waals surface area contributed by atoms with Gasteiger partial charge in [-0.25, -0.2) is 4.39 Å². The van der Waals surface area contributed by atoms with Crippen molar-refractivity contribution in [2.75, 3.05) is 7.11 Å². The van der Waals surface area contributed by atoms with Crippen LogP contribution in [0.3, 0.4) is 0 Å². The van der Waals surface area contributed by atoms with Crippen molar-refractivity contribution in [3.63, 3.8) is 0 Å². The Balaban J connectivity index is 2.21. The SMILES string of the molecule is COc1cc(C(NN)C2CCCC(C)C2)ccc1F. The molecule has 0 aliphatic heterocycles. The van der Waals surface area contributed by atoms with E-state index in [1.54, 1.807) is 12.1 Å². The summed E-state index contributed by atoms with van der Waals surface area (Å²) >= 11 is 0. The van der Waals surface area contributed by atoms with E-state index >= 15 is 0 Å². The molecule has 0 spiro atoms. The van der Waals surface area contributed by atoms with Gasteiger partial charge in [0.25, 0.3) is 0 Å². The van der Waals surface area contributed by atoms with Gasteiger partial charge >= 0.3 is 0 Å².